The van der Waals surface area contributed by atoms with Crippen LogP contribution in [0.5, 0.6) is 5.75 Å². The number of ether oxygens (including phenoxy) is 3. The summed E-state index contributed by atoms with van der Waals surface area (Å²) in [6.45, 7) is -0.0437. The highest BCUT2D eigenvalue weighted by Gasteiger charge is 2.14. The predicted molar refractivity (Wildman–Crippen MR) is 79.9 cm³/mol. The summed E-state index contributed by atoms with van der Waals surface area (Å²) < 4.78 is 28.3. The van der Waals surface area contributed by atoms with Crippen LogP contribution in [0.2, 0.25) is 0 Å². The first kappa shape index (κ1) is 16.5. The first-order chi connectivity index (χ1) is 11.0. The van der Waals surface area contributed by atoms with E-state index in [1.54, 1.807) is 18.2 Å². The minimum Gasteiger partial charge on any atom is -0.489 e. The molecule has 5 nitrogen and oxygen atoms in total. The molecule has 0 aliphatic rings. The first-order valence-corrected chi connectivity index (χ1v) is 6.73. The molecular weight excluding hydrogens is 303 g/mol. The van der Waals surface area contributed by atoms with Gasteiger partial charge >= 0.3 is 11.9 Å². The smallest absolute Gasteiger partial charge is 0.338 e. The Balaban J connectivity index is 2.28. The molecule has 0 amide bonds. The Bertz CT molecular complexity index is 692. The van der Waals surface area contributed by atoms with Crippen LogP contribution in [-0.2, 0) is 16.1 Å². The Hall–Kier alpha value is -2.89. The molecule has 0 unspecified atom stereocenters. The quantitative estimate of drug-likeness (QED) is 0.793. The van der Waals surface area contributed by atoms with E-state index in [-0.39, 0.29) is 23.5 Å². The molecule has 0 N–H and O–H groups in total. The van der Waals surface area contributed by atoms with Crippen LogP contribution in [0.25, 0.3) is 0 Å². The Kier molecular flexibility index (Phi) is 5.30. The zero-order chi connectivity index (χ0) is 16.8. The molecule has 0 aliphatic heterocycles. The van der Waals surface area contributed by atoms with E-state index in [9.17, 15) is 14.0 Å². The molecule has 2 rings (SSSR count). The van der Waals surface area contributed by atoms with Gasteiger partial charge in [0.15, 0.2) is 0 Å². The zero-order valence-electron chi connectivity index (χ0n) is 12.7. The number of methoxy groups -OCH3 is 2. The second-order valence-corrected chi connectivity index (χ2v) is 4.61. The van der Waals surface area contributed by atoms with Gasteiger partial charge in [-0.1, -0.05) is 18.2 Å². The summed E-state index contributed by atoms with van der Waals surface area (Å²) in [6.07, 6.45) is 0. The largest absolute Gasteiger partial charge is 0.489 e. The summed E-state index contributed by atoms with van der Waals surface area (Å²) in [4.78, 5) is 23.3. The molecule has 23 heavy (non-hydrogen) atoms. The van der Waals surface area contributed by atoms with E-state index >= 15 is 0 Å². The average Bonchev–Trinajstić information content (AvgIpc) is 2.59. The lowest BCUT2D eigenvalue weighted by Gasteiger charge is -2.10. The predicted octanol–water partition coefficient (Wildman–Crippen LogP) is 2.98. The monoisotopic (exact) mass is 318 g/mol. The fourth-order valence-corrected chi connectivity index (χ4v) is 1.93. The molecule has 2 aromatic rings. The van der Waals surface area contributed by atoms with Crippen molar-refractivity contribution >= 4 is 11.9 Å². The fourth-order valence-electron chi connectivity index (χ4n) is 1.93. The van der Waals surface area contributed by atoms with Crippen molar-refractivity contribution in [2.24, 2.45) is 0 Å². The molecule has 0 saturated heterocycles. The molecule has 0 aliphatic carbocycles. The lowest BCUT2D eigenvalue weighted by molar-refractivity contribution is 0.0598. The third-order valence-corrected chi connectivity index (χ3v) is 3.10. The highest BCUT2D eigenvalue weighted by atomic mass is 19.1. The van der Waals surface area contributed by atoms with Gasteiger partial charge in [-0.25, -0.2) is 14.0 Å². The number of benzene rings is 2. The lowest BCUT2D eigenvalue weighted by Crippen LogP contribution is -2.08. The number of halogens is 1. The van der Waals surface area contributed by atoms with Crippen molar-refractivity contribution in [3.8, 4) is 5.75 Å². The van der Waals surface area contributed by atoms with Crippen molar-refractivity contribution < 1.29 is 28.2 Å². The summed E-state index contributed by atoms with van der Waals surface area (Å²) in [6, 6.07) is 10.3. The molecule has 2 aromatic carbocycles. The minimum absolute atomic E-state index is 0.0437. The molecular formula is C17H15FO5. The van der Waals surface area contributed by atoms with Crippen molar-refractivity contribution in [3.63, 3.8) is 0 Å². The van der Waals surface area contributed by atoms with E-state index in [1.807, 2.05) is 0 Å². The van der Waals surface area contributed by atoms with Gasteiger partial charge in [0, 0.05) is 5.56 Å². The van der Waals surface area contributed by atoms with E-state index in [4.69, 9.17) is 4.74 Å². The molecule has 0 spiro atoms. The summed E-state index contributed by atoms with van der Waals surface area (Å²) in [5.74, 6) is -1.40. The van der Waals surface area contributed by atoms with Crippen LogP contribution in [0.1, 0.15) is 26.3 Å². The van der Waals surface area contributed by atoms with Crippen LogP contribution in [0.15, 0.2) is 42.5 Å². The van der Waals surface area contributed by atoms with Crippen LogP contribution in [0, 0.1) is 5.82 Å². The van der Waals surface area contributed by atoms with E-state index in [1.165, 1.54) is 38.5 Å². The van der Waals surface area contributed by atoms with Gasteiger partial charge in [0.2, 0.25) is 0 Å². The second kappa shape index (κ2) is 7.40. The number of hydrogen-bond donors (Lipinski definition) is 0. The highest BCUT2D eigenvalue weighted by Crippen LogP contribution is 2.20. The Labute approximate surface area is 132 Å². The van der Waals surface area contributed by atoms with Crippen molar-refractivity contribution in [1.82, 2.24) is 0 Å². The van der Waals surface area contributed by atoms with Crippen molar-refractivity contribution in [1.29, 1.82) is 0 Å². The maximum absolute atomic E-state index is 13.6. The van der Waals surface area contributed by atoms with Crippen LogP contribution in [0.4, 0.5) is 4.39 Å². The van der Waals surface area contributed by atoms with Crippen LogP contribution >= 0.6 is 0 Å². The topological polar surface area (TPSA) is 61.8 Å². The highest BCUT2D eigenvalue weighted by molar-refractivity contribution is 5.96. The van der Waals surface area contributed by atoms with Gasteiger partial charge in [0.1, 0.15) is 18.2 Å². The molecule has 6 heteroatoms. The molecule has 0 aromatic heterocycles. The van der Waals surface area contributed by atoms with Gasteiger partial charge in [-0.15, -0.1) is 0 Å². The minimum atomic E-state index is -0.619. The molecule has 0 saturated carbocycles. The first-order valence-electron chi connectivity index (χ1n) is 6.73. The van der Waals surface area contributed by atoms with Gasteiger partial charge in [0.25, 0.3) is 0 Å². The molecule has 0 bridgehead atoms. The number of esters is 2. The fraction of sp³-hybridized carbons (Fsp3) is 0.176. The number of rotatable bonds is 5. The number of hydrogen-bond acceptors (Lipinski definition) is 5. The molecule has 0 radical (unpaired) electrons. The van der Waals surface area contributed by atoms with Crippen molar-refractivity contribution in [2.45, 2.75) is 6.61 Å². The van der Waals surface area contributed by atoms with Gasteiger partial charge in [-0.05, 0) is 24.3 Å². The summed E-state index contributed by atoms with van der Waals surface area (Å²) in [5, 5.41) is 0. The van der Waals surface area contributed by atoms with Gasteiger partial charge < -0.3 is 14.2 Å². The van der Waals surface area contributed by atoms with Crippen molar-refractivity contribution in [3.05, 3.63) is 65.0 Å². The maximum atomic E-state index is 13.6. The second-order valence-electron chi connectivity index (χ2n) is 4.61. The van der Waals surface area contributed by atoms with Crippen molar-refractivity contribution in [2.75, 3.05) is 14.2 Å². The SMILES string of the molecule is COC(=O)c1cc(OCc2ccccc2F)cc(C(=O)OC)c1. The lowest BCUT2D eigenvalue weighted by atomic mass is 10.1. The molecule has 0 fully saturated rings. The Morgan fingerprint density at radius 1 is 0.957 bits per heavy atom. The average molecular weight is 318 g/mol. The van der Waals surface area contributed by atoms with Crippen LogP contribution < -0.4 is 4.74 Å². The van der Waals surface area contributed by atoms with E-state index < -0.39 is 17.8 Å². The number of carbonyl (C=O) groups is 2. The summed E-state index contributed by atoms with van der Waals surface area (Å²) >= 11 is 0. The van der Waals surface area contributed by atoms with E-state index in [0.717, 1.165) is 0 Å². The number of carbonyl (C=O) groups excluding carboxylic acids is 2. The molecule has 120 valence electrons. The van der Waals surface area contributed by atoms with E-state index in [0.29, 0.717) is 5.56 Å². The van der Waals surface area contributed by atoms with Gasteiger partial charge in [-0.3, -0.25) is 0 Å². The van der Waals surface area contributed by atoms with E-state index in [2.05, 4.69) is 9.47 Å². The zero-order valence-corrected chi connectivity index (χ0v) is 12.7. The third-order valence-electron chi connectivity index (χ3n) is 3.10. The normalized spacial score (nSPS) is 10.0. The Morgan fingerprint density at radius 2 is 1.52 bits per heavy atom. The summed E-state index contributed by atoms with van der Waals surface area (Å²) in [7, 11) is 2.46. The molecule has 0 heterocycles. The third kappa shape index (κ3) is 4.06. The van der Waals surface area contributed by atoms with Crippen LogP contribution in [-0.4, -0.2) is 26.2 Å². The Morgan fingerprint density at radius 3 is 2.04 bits per heavy atom. The van der Waals surface area contributed by atoms with Crippen LogP contribution in [0.3, 0.4) is 0 Å². The molecule has 0 atom stereocenters. The maximum Gasteiger partial charge on any atom is 0.338 e. The van der Waals surface area contributed by atoms with Gasteiger partial charge in [-0.2, -0.15) is 0 Å². The van der Waals surface area contributed by atoms with Gasteiger partial charge in [0.05, 0.1) is 25.3 Å². The standard InChI is InChI=1S/C17H15FO5/c1-21-16(19)12-7-13(17(20)22-2)9-14(8-12)23-10-11-5-3-4-6-15(11)18/h3-9H,10H2,1-2H3. The summed E-state index contributed by atoms with van der Waals surface area (Å²) in [5.41, 5.74) is 0.633.